The Morgan fingerprint density at radius 2 is 2.19 bits per heavy atom. The molecule has 0 radical (unpaired) electrons. The third-order valence-corrected chi connectivity index (χ3v) is 2.41. The van der Waals surface area contributed by atoms with Crippen molar-refractivity contribution < 1.29 is 14.6 Å². The van der Waals surface area contributed by atoms with Gasteiger partial charge in [0, 0.05) is 19.2 Å². The molecular weight excluding hydrogens is 206 g/mol. The summed E-state index contributed by atoms with van der Waals surface area (Å²) in [6, 6.07) is 0. The largest absolute Gasteiger partial charge is 0.394 e. The third-order valence-electron chi connectivity index (χ3n) is 2.41. The highest BCUT2D eigenvalue weighted by Gasteiger charge is 2.34. The predicted octanol–water partition coefficient (Wildman–Crippen LogP) is 0.951. The number of morpholine rings is 1. The number of ether oxygens (including phenoxy) is 1. The van der Waals surface area contributed by atoms with Crippen LogP contribution in [0.2, 0.25) is 0 Å². The molecule has 0 aromatic carbocycles. The number of allylic oxidation sites excluding steroid dienone is 1. The molecule has 1 fully saturated rings. The van der Waals surface area contributed by atoms with E-state index in [2.05, 4.69) is 0 Å². The van der Waals surface area contributed by atoms with Gasteiger partial charge in [-0.1, -0.05) is 5.57 Å². The minimum Gasteiger partial charge on any atom is -0.394 e. The van der Waals surface area contributed by atoms with Crippen molar-refractivity contribution in [1.82, 2.24) is 4.90 Å². The molecule has 0 spiro atoms. The number of rotatable bonds is 2. The van der Waals surface area contributed by atoms with Crippen molar-refractivity contribution in [2.45, 2.75) is 39.4 Å². The maximum atomic E-state index is 11.9. The van der Waals surface area contributed by atoms with Gasteiger partial charge >= 0.3 is 0 Å². The van der Waals surface area contributed by atoms with Crippen molar-refractivity contribution >= 4 is 5.91 Å². The normalized spacial score (nSPS) is 24.1. The van der Waals surface area contributed by atoms with Crippen LogP contribution in [0.3, 0.4) is 0 Å². The summed E-state index contributed by atoms with van der Waals surface area (Å²) in [6.45, 7) is 8.62. The molecule has 1 rings (SSSR count). The van der Waals surface area contributed by atoms with E-state index in [1.54, 1.807) is 11.0 Å². The molecule has 0 saturated carbocycles. The van der Waals surface area contributed by atoms with Gasteiger partial charge in [0.15, 0.2) is 0 Å². The fraction of sp³-hybridized carbons (Fsp3) is 0.750. The number of carbonyl (C=O) groups excluding carboxylic acids is 1. The van der Waals surface area contributed by atoms with Crippen LogP contribution in [0.25, 0.3) is 0 Å². The number of aliphatic hydroxyl groups is 1. The average Bonchev–Trinajstić information content (AvgIpc) is 2.14. The van der Waals surface area contributed by atoms with Crippen molar-refractivity contribution in [3.63, 3.8) is 0 Å². The molecule has 1 N–H and O–H groups in total. The fourth-order valence-electron chi connectivity index (χ4n) is 1.90. The standard InChI is InChI=1S/C12H21NO3/c1-9(2)5-11(15)13-6-10(7-14)16-12(3,4)8-13/h5,10,14H,6-8H2,1-4H3. The second-order valence-electron chi connectivity index (χ2n) is 5.12. The van der Waals surface area contributed by atoms with Crippen molar-refractivity contribution in [2.24, 2.45) is 0 Å². The Morgan fingerprint density at radius 1 is 1.56 bits per heavy atom. The van der Waals surface area contributed by atoms with E-state index >= 15 is 0 Å². The Kier molecular flexibility index (Phi) is 4.10. The van der Waals surface area contributed by atoms with E-state index in [4.69, 9.17) is 9.84 Å². The molecule has 4 heteroatoms. The summed E-state index contributed by atoms with van der Waals surface area (Å²) in [5.41, 5.74) is 0.589. The summed E-state index contributed by atoms with van der Waals surface area (Å²) in [7, 11) is 0. The van der Waals surface area contributed by atoms with Gasteiger partial charge in [0.2, 0.25) is 5.91 Å². The summed E-state index contributed by atoms with van der Waals surface area (Å²) < 4.78 is 5.64. The van der Waals surface area contributed by atoms with E-state index < -0.39 is 5.60 Å². The Labute approximate surface area is 96.9 Å². The number of carbonyl (C=O) groups is 1. The van der Waals surface area contributed by atoms with E-state index in [1.165, 1.54) is 0 Å². The molecule has 1 saturated heterocycles. The van der Waals surface area contributed by atoms with Gasteiger partial charge in [0.25, 0.3) is 0 Å². The van der Waals surface area contributed by atoms with Crippen LogP contribution in [0.5, 0.6) is 0 Å². The molecule has 92 valence electrons. The van der Waals surface area contributed by atoms with Crippen molar-refractivity contribution in [3.8, 4) is 0 Å². The monoisotopic (exact) mass is 227 g/mol. The molecular formula is C12H21NO3. The van der Waals surface area contributed by atoms with Gasteiger partial charge in [-0.05, 0) is 27.7 Å². The highest BCUT2D eigenvalue weighted by Crippen LogP contribution is 2.21. The van der Waals surface area contributed by atoms with Crippen LogP contribution >= 0.6 is 0 Å². The quantitative estimate of drug-likeness (QED) is 0.715. The van der Waals surface area contributed by atoms with Gasteiger partial charge < -0.3 is 14.7 Å². The molecule has 0 aliphatic carbocycles. The molecule has 0 bridgehead atoms. The molecule has 1 heterocycles. The lowest BCUT2D eigenvalue weighted by atomic mass is 10.0. The van der Waals surface area contributed by atoms with Gasteiger partial charge in [0.05, 0.1) is 18.3 Å². The SMILES string of the molecule is CC(C)=CC(=O)N1CC(CO)OC(C)(C)C1. The summed E-state index contributed by atoms with van der Waals surface area (Å²) in [6.07, 6.45) is 1.34. The van der Waals surface area contributed by atoms with Gasteiger partial charge in [-0.25, -0.2) is 0 Å². The third kappa shape index (κ3) is 3.61. The molecule has 0 aromatic heterocycles. The number of amides is 1. The summed E-state index contributed by atoms with van der Waals surface area (Å²) >= 11 is 0. The van der Waals surface area contributed by atoms with Crippen LogP contribution in [0.15, 0.2) is 11.6 Å². The fourth-order valence-corrected chi connectivity index (χ4v) is 1.90. The Hall–Kier alpha value is -0.870. The van der Waals surface area contributed by atoms with Crippen LogP contribution < -0.4 is 0 Å². The van der Waals surface area contributed by atoms with Gasteiger partial charge in [-0.15, -0.1) is 0 Å². The lowest BCUT2D eigenvalue weighted by Gasteiger charge is -2.42. The Bertz CT molecular complexity index is 293. The van der Waals surface area contributed by atoms with Crippen LogP contribution in [0.1, 0.15) is 27.7 Å². The minimum absolute atomic E-state index is 0.00479. The Morgan fingerprint density at radius 3 is 2.69 bits per heavy atom. The lowest BCUT2D eigenvalue weighted by molar-refractivity contribution is -0.163. The summed E-state index contributed by atoms with van der Waals surface area (Å²) in [5, 5.41) is 9.13. The first-order valence-corrected chi connectivity index (χ1v) is 5.56. The van der Waals surface area contributed by atoms with Crippen molar-refractivity contribution in [2.75, 3.05) is 19.7 Å². The second-order valence-corrected chi connectivity index (χ2v) is 5.12. The van der Waals surface area contributed by atoms with E-state index in [9.17, 15) is 4.79 Å². The minimum atomic E-state index is -0.392. The molecule has 1 amide bonds. The summed E-state index contributed by atoms with van der Waals surface area (Å²) in [5.74, 6) is -0.00479. The van der Waals surface area contributed by atoms with Gasteiger partial charge in [0.1, 0.15) is 0 Å². The zero-order chi connectivity index (χ0) is 12.3. The van der Waals surface area contributed by atoms with E-state index in [-0.39, 0.29) is 18.6 Å². The highest BCUT2D eigenvalue weighted by atomic mass is 16.5. The summed E-state index contributed by atoms with van der Waals surface area (Å²) in [4.78, 5) is 13.6. The molecule has 0 aromatic rings. The molecule has 1 atom stereocenters. The van der Waals surface area contributed by atoms with E-state index in [1.807, 2.05) is 27.7 Å². The number of hydrogen-bond acceptors (Lipinski definition) is 3. The lowest BCUT2D eigenvalue weighted by Crippen LogP contribution is -2.55. The first-order chi connectivity index (χ1) is 7.34. The maximum Gasteiger partial charge on any atom is 0.246 e. The zero-order valence-corrected chi connectivity index (χ0v) is 10.5. The molecule has 1 aliphatic heterocycles. The number of hydrogen-bond donors (Lipinski definition) is 1. The van der Waals surface area contributed by atoms with Gasteiger partial charge in [-0.2, -0.15) is 0 Å². The van der Waals surface area contributed by atoms with Crippen molar-refractivity contribution in [1.29, 1.82) is 0 Å². The predicted molar refractivity (Wildman–Crippen MR) is 62.0 cm³/mol. The van der Waals surface area contributed by atoms with Crippen LogP contribution in [-0.4, -0.2) is 47.3 Å². The number of aliphatic hydroxyl groups excluding tert-OH is 1. The zero-order valence-electron chi connectivity index (χ0n) is 10.5. The maximum absolute atomic E-state index is 11.9. The van der Waals surface area contributed by atoms with E-state index in [0.29, 0.717) is 13.1 Å². The van der Waals surface area contributed by atoms with Crippen LogP contribution in [0.4, 0.5) is 0 Å². The molecule has 1 aliphatic rings. The average molecular weight is 227 g/mol. The number of nitrogens with zero attached hydrogens (tertiary/aromatic N) is 1. The van der Waals surface area contributed by atoms with E-state index in [0.717, 1.165) is 5.57 Å². The van der Waals surface area contributed by atoms with Crippen LogP contribution in [-0.2, 0) is 9.53 Å². The Balaban J connectivity index is 2.74. The molecule has 16 heavy (non-hydrogen) atoms. The van der Waals surface area contributed by atoms with Gasteiger partial charge in [-0.3, -0.25) is 4.79 Å². The molecule has 4 nitrogen and oxygen atoms in total. The topological polar surface area (TPSA) is 49.8 Å². The molecule has 1 unspecified atom stereocenters. The smallest absolute Gasteiger partial charge is 0.246 e. The second kappa shape index (κ2) is 4.97. The first kappa shape index (κ1) is 13.2. The van der Waals surface area contributed by atoms with Crippen molar-refractivity contribution in [3.05, 3.63) is 11.6 Å². The highest BCUT2D eigenvalue weighted by molar-refractivity contribution is 5.88. The van der Waals surface area contributed by atoms with Crippen LogP contribution in [0, 0.1) is 0 Å². The first-order valence-electron chi connectivity index (χ1n) is 5.56.